The molecule has 0 atom stereocenters. The fourth-order valence-electron chi connectivity index (χ4n) is 1.79. The molecule has 1 aromatic rings. The summed E-state index contributed by atoms with van der Waals surface area (Å²) in [5.41, 5.74) is 7.52. The van der Waals surface area contributed by atoms with Gasteiger partial charge < -0.3 is 5.73 Å². The third kappa shape index (κ3) is 2.32. The van der Waals surface area contributed by atoms with Gasteiger partial charge in [0.2, 0.25) is 0 Å². The van der Waals surface area contributed by atoms with E-state index in [2.05, 4.69) is 0 Å². The molecule has 0 unspecified atom stereocenters. The maximum atomic E-state index is 13.5. The third-order valence-electron chi connectivity index (χ3n) is 3.24. The summed E-state index contributed by atoms with van der Waals surface area (Å²) in [6.07, 6.45) is 3.67. The highest BCUT2D eigenvalue weighted by Gasteiger charge is 2.37. The molecule has 1 aromatic carbocycles. The van der Waals surface area contributed by atoms with Crippen molar-refractivity contribution in [1.82, 2.24) is 0 Å². The lowest BCUT2D eigenvalue weighted by molar-refractivity contribution is 0.569. The summed E-state index contributed by atoms with van der Waals surface area (Å²) in [5, 5.41) is 0.633. The van der Waals surface area contributed by atoms with Crippen LogP contribution in [-0.4, -0.2) is 5.54 Å². The van der Waals surface area contributed by atoms with Crippen LogP contribution in [-0.2, 0) is 6.42 Å². The molecule has 1 aliphatic rings. The molecule has 0 aliphatic heterocycles. The number of benzene rings is 1. The second-order valence-corrected chi connectivity index (χ2v) is 4.90. The fourth-order valence-corrected chi connectivity index (χ4v) is 1.96. The Kier molecular flexibility index (Phi) is 2.73. The highest BCUT2D eigenvalue weighted by molar-refractivity contribution is 6.31. The van der Waals surface area contributed by atoms with E-state index in [1.165, 1.54) is 6.07 Å². The van der Waals surface area contributed by atoms with Crippen molar-refractivity contribution in [2.75, 3.05) is 0 Å². The normalized spacial score (nSPS) is 17.9. The van der Waals surface area contributed by atoms with E-state index in [0.717, 1.165) is 30.4 Å². The molecule has 15 heavy (non-hydrogen) atoms. The lowest BCUT2D eigenvalue weighted by Crippen LogP contribution is -2.22. The van der Waals surface area contributed by atoms with Gasteiger partial charge >= 0.3 is 0 Å². The molecule has 0 bridgehead atoms. The van der Waals surface area contributed by atoms with Crippen LogP contribution < -0.4 is 5.73 Å². The van der Waals surface area contributed by atoms with Gasteiger partial charge in [-0.15, -0.1) is 0 Å². The minimum Gasteiger partial charge on any atom is -0.325 e. The zero-order chi connectivity index (χ0) is 11.1. The maximum absolute atomic E-state index is 13.5. The van der Waals surface area contributed by atoms with Gasteiger partial charge in [0, 0.05) is 10.6 Å². The van der Waals surface area contributed by atoms with Crippen molar-refractivity contribution in [3.05, 3.63) is 34.1 Å². The number of hydrogen-bond acceptors (Lipinski definition) is 1. The Morgan fingerprint density at radius 2 is 2.13 bits per heavy atom. The van der Waals surface area contributed by atoms with Crippen molar-refractivity contribution in [3.8, 4) is 0 Å². The van der Waals surface area contributed by atoms with Gasteiger partial charge in [0.15, 0.2) is 0 Å². The lowest BCUT2D eigenvalue weighted by atomic mass is 9.99. The van der Waals surface area contributed by atoms with Crippen LogP contribution in [0.4, 0.5) is 4.39 Å². The molecule has 82 valence electrons. The standard InChI is InChI=1S/C12H15ClFN/c1-8-9(4-5-12(15)6-7-12)11(14)3-2-10(8)13/h2-3H,4-7,15H2,1H3. The number of halogens is 2. The quantitative estimate of drug-likeness (QED) is 0.843. The molecular formula is C12H15ClFN. The van der Waals surface area contributed by atoms with Crippen LogP contribution in [0.2, 0.25) is 5.02 Å². The Balaban J connectivity index is 2.16. The van der Waals surface area contributed by atoms with E-state index in [1.54, 1.807) is 6.07 Å². The van der Waals surface area contributed by atoms with Crippen LogP contribution >= 0.6 is 11.6 Å². The van der Waals surface area contributed by atoms with Gasteiger partial charge in [-0.2, -0.15) is 0 Å². The van der Waals surface area contributed by atoms with Gasteiger partial charge in [-0.05, 0) is 55.9 Å². The largest absolute Gasteiger partial charge is 0.325 e. The molecule has 0 saturated heterocycles. The van der Waals surface area contributed by atoms with E-state index in [-0.39, 0.29) is 11.4 Å². The molecule has 0 heterocycles. The van der Waals surface area contributed by atoms with Crippen molar-refractivity contribution in [2.24, 2.45) is 5.73 Å². The molecule has 2 N–H and O–H groups in total. The van der Waals surface area contributed by atoms with Gasteiger partial charge in [0.25, 0.3) is 0 Å². The van der Waals surface area contributed by atoms with Crippen molar-refractivity contribution >= 4 is 11.6 Å². The first-order valence-corrected chi connectivity index (χ1v) is 5.62. The smallest absolute Gasteiger partial charge is 0.126 e. The van der Waals surface area contributed by atoms with Crippen molar-refractivity contribution in [2.45, 2.75) is 38.1 Å². The average Bonchev–Trinajstić information content (AvgIpc) is 2.91. The summed E-state index contributed by atoms with van der Waals surface area (Å²) in [5.74, 6) is -0.166. The van der Waals surface area contributed by atoms with Gasteiger partial charge in [-0.25, -0.2) is 4.39 Å². The topological polar surface area (TPSA) is 26.0 Å². The number of nitrogens with two attached hydrogens (primary N) is 1. The Morgan fingerprint density at radius 1 is 1.47 bits per heavy atom. The molecule has 1 nitrogen and oxygen atoms in total. The van der Waals surface area contributed by atoms with Gasteiger partial charge in [0.1, 0.15) is 5.82 Å². The highest BCUT2D eigenvalue weighted by Crippen LogP contribution is 2.37. The molecule has 1 aliphatic carbocycles. The molecule has 3 heteroatoms. The van der Waals surface area contributed by atoms with Crippen molar-refractivity contribution in [1.29, 1.82) is 0 Å². The van der Waals surface area contributed by atoms with Crippen molar-refractivity contribution < 1.29 is 4.39 Å². The fraction of sp³-hybridized carbons (Fsp3) is 0.500. The van der Waals surface area contributed by atoms with Crippen molar-refractivity contribution in [3.63, 3.8) is 0 Å². The zero-order valence-electron chi connectivity index (χ0n) is 8.82. The van der Waals surface area contributed by atoms with Crippen LogP contribution in [0.3, 0.4) is 0 Å². The van der Waals surface area contributed by atoms with Crippen LogP contribution in [0.1, 0.15) is 30.4 Å². The first kappa shape index (κ1) is 10.9. The molecule has 1 fully saturated rings. The van der Waals surface area contributed by atoms with E-state index in [9.17, 15) is 4.39 Å². The predicted octanol–water partition coefficient (Wildman–Crippen LogP) is 3.21. The van der Waals surface area contributed by atoms with Gasteiger partial charge in [-0.1, -0.05) is 11.6 Å². The average molecular weight is 228 g/mol. The Bertz CT molecular complexity index is 385. The molecule has 0 spiro atoms. The molecule has 0 amide bonds. The maximum Gasteiger partial charge on any atom is 0.126 e. The Hall–Kier alpha value is -0.600. The first-order valence-electron chi connectivity index (χ1n) is 5.24. The summed E-state index contributed by atoms with van der Waals surface area (Å²) in [6.45, 7) is 1.86. The minimum absolute atomic E-state index is 0.0266. The Labute approximate surface area is 94.4 Å². The number of rotatable bonds is 3. The summed E-state index contributed by atoms with van der Waals surface area (Å²) in [6, 6.07) is 3.03. The summed E-state index contributed by atoms with van der Waals surface area (Å²) < 4.78 is 13.5. The predicted molar refractivity (Wildman–Crippen MR) is 60.6 cm³/mol. The highest BCUT2D eigenvalue weighted by atomic mass is 35.5. The Morgan fingerprint density at radius 3 is 2.73 bits per heavy atom. The second kappa shape index (κ2) is 3.76. The van der Waals surface area contributed by atoms with Crippen LogP contribution in [0.15, 0.2) is 12.1 Å². The SMILES string of the molecule is Cc1c(Cl)ccc(F)c1CCC1(N)CC1. The zero-order valence-corrected chi connectivity index (χ0v) is 9.57. The van der Waals surface area contributed by atoms with Crippen LogP contribution in [0.25, 0.3) is 0 Å². The van der Waals surface area contributed by atoms with E-state index in [0.29, 0.717) is 11.4 Å². The summed E-state index contributed by atoms with van der Waals surface area (Å²) >= 11 is 5.95. The molecule has 2 rings (SSSR count). The number of hydrogen-bond donors (Lipinski definition) is 1. The summed E-state index contributed by atoms with van der Waals surface area (Å²) in [7, 11) is 0. The van der Waals surface area contributed by atoms with E-state index >= 15 is 0 Å². The summed E-state index contributed by atoms with van der Waals surface area (Å²) in [4.78, 5) is 0. The molecular weight excluding hydrogens is 213 g/mol. The molecule has 0 aromatic heterocycles. The van der Waals surface area contributed by atoms with Gasteiger partial charge in [0.05, 0.1) is 0 Å². The second-order valence-electron chi connectivity index (χ2n) is 4.50. The first-order chi connectivity index (χ1) is 7.02. The van der Waals surface area contributed by atoms with E-state index in [1.807, 2.05) is 6.92 Å². The minimum atomic E-state index is -0.166. The monoisotopic (exact) mass is 227 g/mol. The molecule has 0 radical (unpaired) electrons. The van der Waals surface area contributed by atoms with Gasteiger partial charge in [-0.3, -0.25) is 0 Å². The lowest BCUT2D eigenvalue weighted by Gasteiger charge is -2.12. The van der Waals surface area contributed by atoms with Crippen LogP contribution in [0, 0.1) is 12.7 Å². The van der Waals surface area contributed by atoms with E-state index in [4.69, 9.17) is 17.3 Å². The molecule has 1 saturated carbocycles. The van der Waals surface area contributed by atoms with E-state index < -0.39 is 0 Å². The van der Waals surface area contributed by atoms with Crippen LogP contribution in [0.5, 0.6) is 0 Å². The third-order valence-corrected chi connectivity index (χ3v) is 3.65.